The number of unbranched alkanes of at least 4 members (excludes halogenated alkanes) is 10. The summed E-state index contributed by atoms with van der Waals surface area (Å²) < 4.78 is 0. The third-order valence-electron chi connectivity index (χ3n) is 3.72. The van der Waals surface area contributed by atoms with Gasteiger partial charge in [0.1, 0.15) is 0 Å². The molecule has 0 aliphatic rings. The first-order chi connectivity index (χ1) is 9.12. The van der Waals surface area contributed by atoms with E-state index in [1.54, 1.807) is 0 Å². The minimum atomic E-state index is -1.28. The van der Waals surface area contributed by atoms with Crippen LogP contribution in [0, 0.1) is 0 Å². The predicted octanol–water partition coefficient (Wildman–Crippen LogP) is 6.65. The fourth-order valence-corrected chi connectivity index (χ4v) is 5.67. The fraction of sp³-hybridized carbons (Fsp3) is 1.00. The van der Waals surface area contributed by atoms with Gasteiger partial charge in [0, 0.05) is 34.8 Å². The summed E-state index contributed by atoms with van der Waals surface area (Å²) in [4.78, 5) is 0. The van der Waals surface area contributed by atoms with Crippen molar-refractivity contribution in [2.24, 2.45) is 0 Å². The first kappa shape index (κ1) is 24.3. The van der Waals surface area contributed by atoms with E-state index in [9.17, 15) is 0 Å². The van der Waals surface area contributed by atoms with Gasteiger partial charge in [0.15, 0.2) is 0 Å². The van der Waals surface area contributed by atoms with Crippen molar-refractivity contribution in [2.75, 3.05) is 12.3 Å². The van der Waals surface area contributed by atoms with Crippen LogP contribution in [0.5, 0.6) is 0 Å². The second-order valence-electron chi connectivity index (χ2n) is 5.83. The SMILES string of the molecule is CCCCCCCCP(=S)(S)CCCCCCCC.[Na]. The molecule has 0 aliphatic carbocycles. The van der Waals surface area contributed by atoms with Gasteiger partial charge in [-0.25, -0.2) is 0 Å². The van der Waals surface area contributed by atoms with Crippen molar-refractivity contribution in [1.82, 2.24) is 0 Å². The van der Waals surface area contributed by atoms with Crippen molar-refractivity contribution < 1.29 is 0 Å². The number of thiol groups is 1. The zero-order valence-electron chi connectivity index (χ0n) is 14.2. The van der Waals surface area contributed by atoms with E-state index in [4.69, 9.17) is 24.1 Å². The average Bonchev–Trinajstić information content (AvgIpc) is 2.38. The van der Waals surface area contributed by atoms with Crippen LogP contribution < -0.4 is 0 Å². The van der Waals surface area contributed by atoms with Gasteiger partial charge < -0.3 is 0 Å². The Bertz CT molecular complexity index is 215. The maximum atomic E-state index is 5.72. The standard InChI is InChI=1S/C16H35PS2.Na/c1-3-5-7-9-11-13-15-17(18,19)16-14-12-10-8-6-4-2;/h3-16H2,1-2H3,(H,18,19);. The third-order valence-corrected chi connectivity index (χ3v) is 8.05. The Morgan fingerprint density at radius 2 is 0.950 bits per heavy atom. The maximum Gasteiger partial charge on any atom is 0.00343 e. The summed E-state index contributed by atoms with van der Waals surface area (Å²) in [6.45, 7) is 4.54. The molecule has 0 fully saturated rings. The van der Waals surface area contributed by atoms with Crippen LogP contribution in [0.3, 0.4) is 0 Å². The van der Waals surface area contributed by atoms with E-state index in [1.165, 1.54) is 89.4 Å². The summed E-state index contributed by atoms with van der Waals surface area (Å²) in [5.41, 5.74) is 0. The Morgan fingerprint density at radius 3 is 1.30 bits per heavy atom. The molecule has 0 saturated carbocycles. The van der Waals surface area contributed by atoms with Crippen LogP contribution in [0.25, 0.3) is 0 Å². The van der Waals surface area contributed by atoms with E-state index >= 15 is 0 Å². The quantitative estimate of drug-likeness (QED) is 0.159. The van der Waals surface area contributed by atoms with Crippen molar-refractivity contribution in [3.8, 4) is 0 Å². The first-order valence-electron chi connectivity index (χ1n) is 8.43. The van der Waals surface area contributed by atoms with Crippen LogP contribution >= 0.6 is 17.5 Å². The van der Waals surface area contributed by atoms with Gasteiger partial charge in [0.25, 0.3) is 0 Å². The van der Waals surface area contributed by atoms with Gasteiger partial charge in [0.05, 0.1) is 0 Å². The van der Waals surface area contributed by atoms with Crippen molar-refractivity contribution in [2.45, 2.75) is 90.9 Å². The summed E-state index contributed by atoms with van der Waals surface area (Å²) in [6, 6.07) is 0. The molecule has 0 heterocycles. The molecule has 0 aromatic rings. The topological polar surface area (TPSA) is 0 Å². The Morgan fingerprint density at radius 1 is 0.650 bits per heavy atom. The molecular formula is C16H35NaPS2. The van der Waals surface area contributed by atoms with Crippen LogP contribution in [0.15, 0.2) is 0 Å². The molecule has 0 aliphatic heterocycles. The van der Waals surface area contributed by atoms with Gasteiger partial charge in [-0.05, 0) is 25.2 Å². The van der Waals surface area contributed by atoms with Crippen LogP contribution in [-0.2, 0) is 11.8 Å². The average molecular weight is 346 g/mol. The zero-order valence-corrected chi connectivity index (χ0v) is 18.8. The van der Waals surface area contributed by atoms with Gasteiger partial charge >= 0.3 is 0 Å². The molecule has 0 saturated heterocycles. The summed E-state index contributed by atoms with van der Waals surface area (Å²) in [5.74, 6) is 0. The molecule has 0 bridgehead atoms. The molecule has 0 atom stereocenters. The summed E-state index contributed by atoms with van der Waals surface area (Å²) in [5, 5.41) is -1.28. The molecular weight excluding hydrogens is 310 g/mol. The fourth-order valence-electron chi connectivity index (χ4n) is 2.39. The monoisotopic (exact) mass is 345 g/mol. The molecule has 0 spiro atoms. The predicted molar refractivity (Wildman–Crippen MR) is 106 cm³/mol. The Hall–Kier alpha value is 2.00. The van der Waals surface area contributed by atoms with Crippen LogP contribution in [-0.4, -0.2) is 41.9 Å². The third kappa shape index (κ3) is 18.1. The molecule has 0 amide bonds. The van der Waals surface area contributed by atoms with Crippen molar-refractivity contribution in [3.05, 3.63) is 0 Å². The Balaban J connectivity index is 0. The molecule has 0 nitrogen and oxygen atoms in total. The first-order valence-corrected chi connectivity index (χ1v) is 12.8. The van der Waals surface area contributed by atoms with Crippen molar-refractivity contribution in [1.29, 1.82) is 0 Å². The number of hydrogen-bond acceptors (Lipinski definition) is 1. The van der Waals surface area contributed by atoms with E-state index in [1.807, 2.05) is 0 Å². The molecule has 0 aromatic heterocycles. The summed E-state index contributed by atoms with van der Waals surface area (Å²) >= 11 is 10.5. The van der Waals surface area contributed by atoms with Gasteiger partial charge in [-0.1, -0.05) is 89.9 Å². The van der Waals surface area contributed by atoms with Gasteiger partial charge in [-0.3, -0.25) is 0 Å². The van der Waals surface area contributed by atoms with E-state index < -0.39 is 5.24 Å². The largest absolute Gasteiger partial charge is 0.141 e. The summed E-state index contributed by atoms with van der Waals surface area (Å²) in [6.07, 6.45) is 18.9. The van der Waals surface area contributed by atoms with Gasteiger partial charge in [0.2, 0.25) is 0 Å². The molecule has 117 valence electrons. The van der Waals surface area contributed by atoms with Gasteiger partial charge in [-0.2, -0.15) is 0 Å². The molecule has 0 N–H and O–H groups in total. The van der Waals surface area contributed by atoms with E-state index in [0.29, 0.717) is 0 Å². The Kier molecular flexibility index (Phi) is 21.0. The number of hydrogen-bond donors (Lipinski definition) is 1. The summed E-state index contributed by atoms with van der Waals surface area (Å²) in [7, 11) is 0. The van der Waals surface area contributed by atoms with Crippen LogP contribution in [0.1, 0.15) is 90.9 Å². The second kappa shape index (κ2) is 17.4. The second-order valence-corrected chi connectivity index (χ2v) is 13.6. The van der Waals surface area contributed by atoms with Crippen LogP contribution in [0.2, 0.25) is 0 Å². The van der Waals surface area contributed by atoms with Crippen molar-refractivity contribution in [3.63, 3.8) is 0 Å². The van der Waals surface area contributed by atoms with Gasteiger partial charge in [-0.15, -0.1) is 12.2 Å². The normalized spacial score (nSPS) is 11.3. The molecule has 4 heteroatoms. The van der Waals surface area contributed by atoms with E-state index in [-0.39, 0.29) is 29.6 Å². The number of rotatable bonds is 14. The molecule has 20 heavy (non-hydrogen) atoms. The minimum absolute atomic E-state index is 0. The molecule has 0 rings (SSSR count). The minimum Gasteiger partial charge on any atom is -0.141 e. The molecule has 1 radical (unpaired) electrons. The van der Waals surface area contributed by atoms with E-state index in [2.05, 4.69) is 13.8 Å². The Labute approximate surface area is 161 Å². The van der Waals surface area contributed by atoms with E-state index in [0.717, 1.165) is 0 Å². The van der Waals surface area contributed by atoms with Crippen molar-refractivity contribution >= 4 is 58.9 Å². The van der Waals surface area contributed by atoms with Crippen LogP contribution in [0.4, 0.5) is 0 Å². The molecule has 0 aromatic carbocycles. The molecule has 0 unspecified atom stereocenters. The zero-order chi connectivity index (χ0) is 14.4. The maximum absolute atomic E-state index is 5.72. The smallest absolute Gasteiger partial charge is 0.00343 e.